The van der Waals surface area contributed by atoms with Crippen LogP contribution in [0.4, 0.5) is 0 Å². The molecule has 1 nitrogen and oxygen atoms in total. The molecule has 2 atom stereocenters. The van der Waals surface area contributed by atoms with E-state index in [2.05, 4.69) is 18.7 Å². The Morgan fingerprint density at radius 3 is 2.80 bits per heavy atom. The number of rotatable bonds is 6. The molecule has 0 amide bonds. The van der Waals surface area contributed by atoms with Crippen LogP contribution in [-0.4, -0.2) is 16.8 Å². The Morgan fingerprint density at radius 1 is 1.33 bits per heavy atom. The molecule has 0 aromatic heterocycles. The average Bonchev–Trinajstić information content (AvgIpc) is 2.17. The molecule has 1 aliphatic carbocycles. The van der Waals surface area contributed by atoms with Crippen molar-refractivity contribution in [2.75, 3.05) is 5.75 Å². The van der Waals surface area contributed by atoms with Gasteiger partial charge in [0.2, 0.25) is 0 Å². The molecule has 1 saturated carbocycles. The van der Waals surface area contributed by atoms with Crippen LogP contribution < -0.4 is 0 Å². The number of unbranched alkanes of at least 4 members (excludes halogenated alkanes) is 1. The van der Waals surface area contributed by atoms with Gasteiger partial charge in [-0.1, -0.05) is 19.8 Å². The van der Waals surface area contributed by atoms with Crippen LogP contribution in [0, 0.1) is 5.92 Å². The summed E-state index contributed by atoms with van der Waals surface area (Å²) < 4.78 is 0. The standard InChI is InChI=1S/C13H24OS/c1-11-6-5-8-13(10-11)15-9-4-3-7-12(2)14/h11,13H,3-10H2,1-2H3. The predicted octanol–water partition coefficient (Wildman–Crippen LogP) is 4.06. The van der Waals surface area contributed by atoms with Gasteiger partial charge in [0.05, 0.1) is 0 Å². The molecule has 0 N–H and O–H groups in total. The minimum absolute atomic E-state index is 0.339. The largest absolute Gasteiger partial charge is 0.300 e. The molecule has 0 aromatic rings. The van der Waals surface area contributed by atoms with E-state index in [4.69, 9.17) is 0 Å². The molecule has 1 fully saturated rings. The maximum Gasteiger partial charge on any atom is 0.129 e. The first kappa shape index (κ1) is 13.1. The van der Waals surface area contributed by atoms with Crippen LogP contribution in [-0.2, 0) is 4.79 Å². The highest BCUT2D eigenvalue weighted by Gasteiger charge is 2.18. The zero-order valence-electron chi connectivity index (χ0n) is 10.1. The Labute approximate surface area is 98.4 Å². The van der Waals surface area contributed by atoms with E-state index >= 15 is 0 Å². The van der Waals surface area contributed by atoms with Gasteiger partial charge in [-0.15, -0.1) is 0 Å². The average molecular weight is 228 g/mol. The normalized spacial score (nSPS) is 26.5. The van der Waals surface area contributed by atoms with Gasteiger partial charge in [0.15, 0.2) is 0 Å². The van der Waals surface area contributed by atoms with Gasteiger partial charge < -0.3 is 4.79 Å². The molecule has 2 unspecified atom stereocenters. The summed E-state index contributed by atoms with van der Waals surface area (Å²) in [6.07, 6.45) is 8.77. The Morgan fingerprint density at radius 2 is 2.13 bits per heavy atom. The third kappa shape index (κ3) is 6.24. The van der Waals surface area contributed by atoms with Crippen LogP contribution in [0.3, 0.4) is 0 Å². The second-order valence-electron chi connectivity index (χ2n) is 4.92. The third-order valence-electron chi connectivity index (χ3n) is 3.17. The molecule has 2 heteroatoms. The van der Waals surface area contributed by atoms with E-state index in [1.165, 1.54) is 37.9 Å². The van der Waals surface area contributed by atoms with Crippen molar-refractivity contribution >= 4 is 17.5 Å². The van der Waals surface area contributed by atoms with E-state index in [-0.39, 0.29) is 0 Å². The fourth-order valence-corrected chi connectivity index (χ4v) is 3.76. The number of Topliss-reactive ketones (excluding diaryl/α,β-unsaturated/α-hetero) is 1. The lowest BCUT2D eigenvalue weighted by atomic mass is 9.91. The van der Waals surface area contributed by atoms with E-state index in [1.807, 2.05) is 0 Å². The lowest BCUT2D eigenvalue weighted by molar-refractivity contribution is -0.117. The second kappa shape index (κ2) is 7.32. The molecule has 0 bridgehead atoms. The van der Waals surface area contributed by atoms with E-state index in [0.29, 0.717) is 5.78 Å². The van der Waals surface area contributed by atoms with Gasteiger partial charge in [-0.05, 0) is 44.3 Å². The summed E-state index contributed by atoms with van der Waals surface area (Å²) in [4.78, 5) is 10.7. The van der Waals surface area contributed by atoms with Crippen LogP contribution in [0.15, 0.2) is 0 Å². The van der Waals surface area contributed by atoms with E-state index in [9.17, 15) is 4.79 Å². The number of hydrogen-bond acceptors (Lipinski definition) is 2. The summed E-state index contributed by atoms with van der Waals surface area (Å²) in [6.45, 7) is 4.07. The van der Waals surface area contributed by atoms with Gasteiger partial charge >= 0.3 is 0 Å². The number of carbonyl (C=O) groups is 1. The highest BCUT2D eigenvalue weighted by molar-refractivity contribution is 7.99. The summed E-state index contributed by atoms with van der Waals surface area (Å²) in [7, 11) is 0. The lowest BCUT2D eigenvalue weighted by Crippen LogP contribution is -2.15. The van der Waals surface area contributed by atoms with Crippen molar-refractivity contribution in [3.05, 3.63) is 0 Å². The Hall–Kier alpha value is 0.0200. The maximum atomic E-state index is 10.7. The number of hydrogen-bond donors (Lipinski definition) is 0. The highest BCUT2D eigenvalue weighted by atomic mass is 32.2. The minimum atomic E-state index is 0.339. The van der Waals surface area contributed by atoms with Gasteiger partial charge in [0.25, 0.3) is 0 Å². The maximum absolute atomic E-state index is 10.7. The first-order chi connectivity index (χ1) is 7.18. The molecule has 0 spiro atoms. The Kier molecular flexibility index (Phi) is 6.39. The molecule has 0 saturated heterocycles. The van der Waals surface area contributed by atoms with Crippen LogP contribution in [0.25, 0.3) is 0 Å². The Bertz CT molecular complexity index is 191. The number of thioether (sulfide) groups is 1. The van der Waals surface area contributed by atoms with Gasteiger partial charge in [-0.3, -0.25) is 0 Å². The molecule has 0 heterocycles. The first-order valence-corrected chi connectivity index (χ1v) is 7.34. The molecule has 1 aliphatic rings. The van der Waals surface area contributed by atoms with Gasteiger partial charge in [0.1, 0.15) is 5.78 Å². The Balaban J connectivity index is 1.97. The molecule has 0 aromatic carbocycles. The number of ketones is 1. The van der Waals surface area contributed by atoms with Crippen LogP contribution in [0.1, 0.15) is 58.8 Å². The van der Waals surface area contributed by atoms with Crippen LogP contribution in [0.5, 0.6) is 0 Å². The van der Waals surface area contributed by atoms with Gasteiger partial charge in [-0.25, -0.2) is 0 Å². The van der Waals surface area contributed by atoms with Crippen molar-refractivity contribution in [2.45, 2.75) is 64.0 Å². The van der Waals surface area contributed by atoms with E-state index < -0.39 is 0 Å². The van der Waals surface area contributed by atoms with Crippen molar-refractivity contribution < 1.29 is 4.79 Å². The quantitative estimate of drug-likeness (QED) is 0.638. The fraction of sp³-hybridized carbons (Fsp3) is 0.923. The summed E-state index contributed by atoms with van der Waals surface area (Å²) in [5.41, 5.74) is 0. The first-order valence-electron chi connectivity index (χ1n) is 6.29. The fourth-order valence-electron chi connectivity index (χ4n) is 2.26. The highest BCUT2D eigenvalue weighted by Crippen LogP contribution is 2.32. The molecule has 88 valence electrons. The predicted molar refractivity (Wildman–Crippen MR) is 68.4 cm³/mol. The molecular formula is C13H24OS. The molecule has 0 aliphatic heterocycles. The summed E-state index contributed by atoms with van der Waals surface area (Å²) in [6, 6.07) is 0. The lowest BCUT2D eigenvalue weighted by Gasteiger charge is -2.26. The SMILES string of the molecule is CC(=O)CCCCSC1CCCC(C)C1. The van der Waals surface area contributed by atoms with Crippen molar-refractivity contribution in [1.29, 1.82) is 0 Å². The third-order valence-corrected chi connectivity index (χ3v) is 4.59. The van der Waals surface area contributed by atoms with E-state index in [1.54, 1.807) is 6.92 Å². The zero-order valence-corrected chi connectivity index (χ0v) is 10.9. The van der Waals surface area contributed by atoms with Crippen molar-refractivity contribution in [3.8, 4) is 0 Å². The van der Waals surface area contributed by atoms with Crippen LogP contribution >= 0.6 is 11.8 Å². The van der Waals surface area contributed by atoms with Gasteiger partial charge in [0, 0.05) is 11.7 Å². The monoisotopic (exact) mass is 228 g/mol. The van der Waals surface area contributed by atoms with Crippen molar-refractivity contribution in [3.63, 3.8) is 0 Å². The second-order valence-corrected chi connectivity index (χ2v) is 6.33. The zero-order chi connectivity index (χ0) is 11.1. The molecule has 1 rings (SSSR count). The summed E-state index contributed by atoms with van der Waals surface area (Å²) >= 11 is 2.14. The molecule has 0 radical (unpaired) electrons. The van der Waals surface area contributed by atoms with Crippen LogP contribution in [0.2, 0.25) is 0 Å². The smallest absolute Gasteiger partial charge is 0.129 e. The topological polar surface area (TPSA) is 17.1 Å². The molecule has 15 heavy (non-hydrogen) atoms. The van der Waals surface area contributed by atoms with Crippen molar-refractivity contribution in [2.24, 2.45) is 5.92 Å². The van der Waals surface area contributed by atoms with Crippen molar-refractivity contribution in [1.82, 2.24) is 0 Å². The summed E-state index contributed by atoms with van der Waals surface area (Å²) in [5.74, 6) is 2.53. The van der Waals surface area contributed by atoms with E-state index in [0.717, 1.165) is 24.0 Å². The van der Waals surface area contributed by atoms with Gasteiger partial charge in [-0.2, -0.15) is 11.8 Å². The minimum Gasteiger partial charge on any atom is -0.300 e. The summed E-state index contributed by atoms with van der Waals surface area (Å²) in [5, 5.41) is 0.908. The molecular weight excluding hydrogens is 204 g/mol. The number of carbonyl (C=O) groups excluding carboxylic acids is 1.